The first kappa shape index (κ1) is 14.1. The molecule has 3 atom stereocenters. The molecule has 0 saturated heterocycles. The summed E-state index contributed by atoms with van der Waals surface area (Å²) in [5.41, 5.74) is 0.704. The van der Waals surface area contributed by atoms with E-state index in [4.69, 9.17) is 0 Å². The van der Waals surface area contributed by atoms with E-state index in [1.165, 1.54) is 19.3 Å². The summed E-state index contributed by atoms with van der Waals surface area (Å²) in [5, 5.41) is 6.79. The maximum absolute atomic E-state index is 4.42. The van der Waals surface area contributed by atoms with Gasteiger partial charge in [-0.3, -0.25) is 0 Å². The molecule has 20 heavy (non-hydrogen) atoms. The molecule has 2 aliphatic carbocycles. The van der Waals surface area contributed by atoms with Gasteiger partial charge in [-0.15, -0.1) is 0 Å². The smallest absolute Gasteiger partial charge is 0.146 e. The van der Waals surface area contributed by atoms with Gasteiger partial charge in [0.2, 0.25) is 0 Å². The normalized spacial score (nSPS) is 34.2. The summed E-state index contributed by atoms with van der Waals surface area (Å²) >= 11 is 3.61. The summed E-state index contributed by atoms with van der Waals surface area (Å²) in [5.74, 6) is 2.55. The number of nitrogens with one attached hydrogen (secondary N) is 2. The minimum Gasteiger partial charge on any atom is -0.372 e. The van der Waals surface area contributed by atoms with Gasteiger partial charge >= 0.3 is 0 Å². The van der Waals surface area contributed by atoms with Gasteiger partial charge in [-0.05, 0) is 51.9 Å². The zero-order chi connectivity index (χ0) is 14.5. The summed E-state index contributed by atoms with van der Waals surface area (Å²) in [6, 6.07) is 0.463. The molecule has 0 spiro atoms. The van der Waals surface area contributed by atoms with Crippen molar-refractivity contribution in [2.75, 3.05) is 17.7 Å². The van der Waals surface area contributed by atoms with Crippen molar-refractivity contribution in [1.29, 1.82) is 0 Å². The van der Waals surface area contributed by atoms with E-state index in [1.54, 1.807) is 6.33 Å². The van der Waals surface area contributed by atoms with E-state index in [0.717, 1.165) is 22.0 Å². The van der Waals surface area contributed by atoms with Crippen LogP contribution in [0.1, 0.15) is 40.0 Å². The Kier molecular flexibility index (Phi) is 3.23. The number of halogens is 1. The molecular formula is C15H23BrN4. The lowest BCUT2D eigenvalue weighted by molar-refractivity contribution is 0.155. The molecule has 0 amide bonds. The average molecular weight is 339 g/mol. The Hall–Kier alpha value is -0.840. The molecule has 3 rings (SSSR count). The van der Waals surface area contributed by atoms with Gasteiger partial charge in [0, 0.05) is 13.1 Å². The quantitative estimate of drug-likeness (QED) is 0.877. The van der Waals surface area contributed by atoms with Crippen LogP contribution in [-0.4, -0.2) is 23.1 Å². The van der Waals surface area contributed by atoms with Crippen molar-refractivity contribution >= 4 is 27.6 Å². The van der Waals surface area contributed by atoms with Crippen LogP contribution in [0.4, 0.5) is 11.6 Å². The molecule has 0 radical (unpaired) electrons. The molecule has 2 aliphatic rings. The van der Waals surface area contributed by atoms with Crippen LogP contribution in [-0.2, 0) is 0 Å². The van der Waals surface area contributed by atoms with E-state index in [-0.39, 0.29) is 0 Å². The molecular weight excluding hydrogens is 316 g/mol. The number of hydrogen-bond donors (Lipinski definition) is 2. The van der Waals surface area contributed by atoms with Crippen LogP contribution in [0.25, 0.3) is 0 Å². The standard InChI is InChI=1S/C15H23BrN4/c1-14(2)9-5-6-15(3,7-9)13(14)20-12-10(16)11(17-4)18-8-19-12/h8-9,13H,5-7H2,1-4H3,(H2,17,18,19,20). The first-order chi connectivity index (χ1) is 9.38. The van der Waals surface area contributed by atoms with E-state index in [9.17, 15) is 0 Å². The molecule has 110 valence electrons. The minimum atomic E-state index is 0.317. The topological polar surface area (TPSA) is 49.8 Å². The van der Waals surface area contributed by atoms with E-state index in [0.29, 0.717) is 16.9 Å². The molecule has 0 aromatic carbocycles. The molecule has 2 N–H and O–H groups in total. The van der Waals surface area contributed by atoms with Gasteiger partial charge in [-0.25, -0.2) is 9.97 Å². The highest BCUT2D eigenvalue weighted by atomic mass is 79.9. The Morgan fingerprint density at radius 2 is 1.95 bits per heavy atom. The zero-order valence-corrected chi connectivity index (χ0v) is 14.2. The first-order valence-corrected chi connectivity index (χ1v) is 8.12. The molecule has 1 heterocycles. The molecule has 2 saturated carbocycles. The van der Waals surface area contributed by atoms with Crippen molar-refractivity contribution < 1.29 is 0 Å². The van der Waals surface area contributed by atoms with Crippen molar-refractivity contribution in [2.24, 2.45) is 16.7 Å². The van der Waals surface area contributed by atoms with E-state index in [1.807, 2.05) is 7.05 Å². The highest BCUT2D eigenvalue weighted by Gasteiger charge is 2.59. The number of aromatic nitrogens is 2. The maximum atomic E-state index is 4.42. The summed E-state index contributed by atoms with van der Waals surface area (Å²) in [4.78, 5) is 8.65. The number of hydrogen-bond acceptors (Lipinski definition) is 4. The molecule has 3 unspecified atom stereocenters. The van der Waals surface area contributed by atoms with Crippen LogP contribution in [0.5, 0.6) is 0 Å². The summed E-state index contributed by atoms with van der Waals surface area (Å²) in [7, 11) is 1.87. The summed E-state index contributed by atoms with van der Waals surface area (Å²) < 4.78 is 0.921. The van der Waals surface area contributed by atoms with Crippen molar-refractivity contribution in [3.8, 4) is 0 Å². The van der Waals surface area contributed by atoms with Gasteiger partial charge in [0.05, 0.1) is 0 Å². The molecule has 1 aromatic heterocycles. The van der Waals surface area contributed by atoms with Gasteiger partial charge in [-0.2, -0.15) is 0 Å². The fourth-order valence-corrected chi connectivity index (χ4v) is 4.96. The second-order valence-electron chi connectivity index (χ2n) is 7.13. The van der Waals surface area contributed by atoms with Crippen molar-refractivity contribution in [3.05, 3.63) is 10.8 Å². The summed E-state index contributed by atoms with van der Waals surface area (Å²) in [6.07, 6.45) is 5.63. The van der Waals surface area contributed by atoms with E-state index in [2.05, 4.69) is 57.3 Å². The van der Waals surface area contributed by atoms with Gasteiger partial charge < -0.3 is 10.6 Å². The molecule has 4 nitrogen and oxygen atoms in total. The van der Waals surface area contributed by atoms with E-state index < -0.39 is 0 Å². The minimum absolute atomic E-state index is 0.317. The molecule has 5 heteroatoms. The van der Waals surface area contributed by atoms with Crippen LogP contribution >= 0.6 is 15.9 Å². The third kappa shape index (κ3) is 1.93. The Bertz CT molecular complexity index is 526. The SMILES string of the molecule is CNc1ncnc(NC2C3(C)CCC(C3)C2(C)C)c1Br. The first-order valence-electron chi connectivity index (χ1n) is 7.33. The Morgan fingerprint density at radius 3 is 2.55 bits per heavy atom. The Morgan fingerprint density at radius 1 is 1.25 bits per heavy atom. The zero-order valence-electron chi connectivity index (χ0n) is 12.6. The highest BCUT2D eigenvalue weighted by Crippen LogP contribution is 2.63. The largest absolute Gasteiger partial charge is 0.372 e. The number of rotatable bonds is 3. The highest BCUT2D eigenvalue weighted by molar-refractivity contribution is 9.10. The van der Waals surface area contributed by atoms with Crippen LogP contribution in [0, 0.1) is 16.7 Å². The predicted molar refractivity (Wildman–Crippen MR) is 85.9 cm³/mol. The number of anilines is 2. The van der Waals surface area contributed by atoms with Gasteiger partial charge in [0.1, 0.15) is 22.4 Å². The van der Waals surface area contributed by atoms with Crippen molar-refractivity contribution in [1.82, 2.24) is 9.97 Å². The lowest BCUT2D eigenvalue weighted by atomic mass is 9.68. The molecule has 2 fully saturated rings. The Balaban J connectivity index is 1.92. The average Bonchev–Trinajstić information content (AvgIpc) is 2.87. The lowest BCUT2D eigenvalue weighted by Gasteiger charge is -2.43. The summed E-state index contributed by atoms with van der Waals surface area (Å²) in [6.45, 7) is 7.22. The maximum Gasteiger partial charge on any atom is 0.146 e. The second-order valence-corrected chi connectivity index (χ2v) is 7.92. The number of fused-ring (bicyclic) bond motifs is 2. The lowest BCUT2D eigenvalue weighted by Crippen LogP contribution is -2.46. The second kappa shape index (κ2) is 4.58. The van der Waals surface area contributed by atoms with Crippen LogP contribution in [0.15, 0.2) is 10.8 Å². The van der Waals surface area contributed by atoms with Crippen LogP contribution in [0.2, 0.25) is 0 Å². The molecule has 0 aliphatic heterocycles. The van der Waals surface area contributed by atoms with Crippen molar-refractivity contribution in [3.63, 3.8) is 0 Å². The Labute approximate surface area is 129 Å². The van der Waals surface area contributed by atoms with Gasteiger partial charge in [-0.1, -0.05) is 20.8 Å². The van der Waals surface area contributed by atoms with Gasteiger partial charge in [0.25, 0.3) is 0 Å². The van der Waals surface area contributed by atoms with E-state index >= 15 is 0 Å². The number of nitrogens with zero attached hydrogens (tertiary/aromatic N) is 2. The molecule has 1 aromatic rings. The third-order valence-corrected chi connectivity index (χ3v) is 6.33. The third-order valence-electron chi connectivity index (χ3n) is 5.58. The van der Waals surface area contributed by atoms with Crippen LogP contribution < -0.4 is 10.6 Å². The molecule has 2 bridgehead atoms. The van der Waals surface area contributed by atoms with Gasteiger partial charge in [0.15, 0.2) is 0 Å². The fourth-order valence-electron chi connectivity index (χ4n) is 4.44. The fraction of sp³-hybridized carbons (Fsp3) is 0.733. The van der Waals surface area contributed by atoms with Crippen molar-refractivity contribution in [2.45, 2.75) is 46.1 Å². The monoisotopic (exact) mass is 338 g/mol. The predicted octanol–water partition coefficient (Wildman–Crippen LogP) is 3.91. The van der Waals surface area contributed by atoms with Crippen LogP contribution in [0.3, 0.4) is 0 Å².